The fourth-order valence-corrected chi connectivity index (χ4v) is 5.65. The van der Waals surface area contributed by atoms with E-state index in [1.165, 1.54) is 28.6 Å². The van der Waals surface area contributed by atoms with Crippen LogP contribution in [0.25, 0.3) is 0 Å². The molecule has 160 valence electrons. The first-order valence-corrected chi connectivity index (χ1v) is 12.1. The van der Waals surface area contributed by atoms with Gasteiger partial charge in [0.1, 0.15) is 0 Å². The fraction of sp³-hybridized carbons (Fsp3) is 0.333. The number of rotatable bonds is 7. The molecule has 7 nitrogen and oxygen atoms in total. The lowest BCUT2D eigenvalue weighted by molar-refractivity contribution is -0.121. The van der Waals surface area contributed by atoms with E-state index >= 15 is 0 Å². The molecule has 1 amide bonds. The molecule has 2 aromatic rings. The highest BCUT2D eigenvalue weighted by molar-refractivity contribution is 7.99. The van der Waals surface area contributed by atoms with Crippen molar-refractivity contribution < 1.29 is 22.7 Å². The van der Waals surface area contributed by atoms with Crippen molar-refractivity contribution in [3.8, 4) is 0 Å². The van der Waals surface area contributed by atoms with Crippen molar-refractivity contribution in [2.45, 2.75) is 23.6 Å². The van der Waals surface area contributed by atoms with Crippen LogP contribution in [-0.4, -0.2) is 56.6 Å². The minimum Gasteiger partial charge on any atom is -0.452 e. The second-order valence-corrected chi connectivity index (χ2v) is 9.63. The van der Waals surface area contributed by atoms with Crippen molar-refractivity contribution >= 4 is 39.3 Å². The van der Waals surface area contributed by atoms with Gasteiger partial charge >= 0.3 is 5.97 Å². The van der Waals surface area contributed by atoms with Crippen molar-refractivity contribution in [1.29, 1.82) is 0 Å². The number of hydrogen-bond donors (Lipinski definition) is 0. The van der Waals surface area contributed by atoms with E-state index in [1.807, 2.05) is 24.3 Å². The first-order chi connectivity index (χ1) is 14.4. The number of nitrogens with zero attached hydrogens (tertiary/aromatic N) is 2. The van der Waals surface area contributed by atoms with Crippen LogP contribution in [0.1, 0.15) is 24.2 Å². The quantitative estimate of drug-likeness (QED) is 0.606. The maximum atomic E-state index is 12.6. The zero-order chi connectivity index (χ0) is 21.7. The summed E-state index contributed by atoms with van der Waals surface area (Å²) in [6, 6.07) is 13.2. The van der Waals surface area contributed by atoms with Crippen molar-refractivity contribution in [1.82, 2.24) is 4.31 Å². The third-order valence-electron chi connectivity index (χ3n) is 4.79. The van der Waals surface area contributed by atoms with E-state index < -0.39 is 16.0 Å². The summed E-state index contributed by atoms with van der Waals surface area (Å²) in [5.74, 6) is -0.189. The number of thioether (sulfide) groups is 1. The monoisotopic (exact) mass is 448 g/mol. The molecule has 0 radical (unpaired) electrons. The Kier molecular flexibility index (Phi) is 7.17. The minimum atomic E-state index is -3.59. The number of benzene rings is 2. The van der Waals surface area contributed by atoms with Gasteiger partial charge in [0.05, 0.1) is 16.1 Å². The van der Waals surface area contributed by atoms with Crippen LogP contribution in [0.15, 0.2) is 58.3 Å². The zero-order valence-corrected chi connectivity index (χ0v) is 18.5. The predicted octanol–water partition coefficient (Wildman–Crippen LogP) is 3.01. The van der Waals surface area contributed by atoms with Crippen LogP contribution in [-0.2, 0) is 19.6 Å². The average Bonchev–Trinajstić information content (AvgIpc) is 2.77. The SMILES string of the molecule is CCN(CC)S(=O)(=O)c1ccc(C(=O)OCC(=O)N2CCSc3ccccc32)cc1. The van der Waals surface area contributed by atoms with Crippen molar-refractivity contribution in [2.75, 3.05) is 36.9 Å². The number of hydrogen-bond acceptors (Lipinski definition) is 6. The largest absolute Gasteiger partial charge is 0.452 e. The third kappa shape index (κ3) is 4.69. The molecule has 1 heterocycles. The van der Waals surface area contributed by atoms with Crippen LogP contribution in [0.2, 0.25) is 0 Å². The van der Waals surface area contributed by atoms with Gasteiger partial charge in [-0.05, 0) is 36.4 Å². The lowest BCUT2D eigenvalue weighted by Crippen LogP contribution is -2.38. The predicted molar refractivity (Wildman–Crippen MR) is 116 cm³/mol. The Hall–Kier alpha value is -2.36. The van der Waals surface area contributed by atoms with Gasteiger partial charge in [-0.15, -0.1) is 11.8 Å². The van der Waals surface area contributed by atoms with E-state index in [4.69, 9.17) is 4.74 Å². The van der Waals surface area contributed by atoms with E-state index in [0.29, 0.717) is 19.6 Å². The number of fused-ring (bicyclic) bond motifs is 1. The summed E-state index contributed by atoms with van der Waals surface area (Å²) in [5, 5.41) is 0. The summed E-state index contributed by atoms with van der Waals surface area (Å²) in [6.07, 6.45) is 0. The second kappa shape index (κ2) is 9.63. The van der Waals surface area contributed by atoms with Gasteiger partial charge < -0.3 is 9.64 Å². The first-order valence-electron chi connectivity index (χ1n) is 9.68. The second-order valence-electron chi connectivity index (χ2n) is 6.55. The molecule has 0 aromatic heterocycles. The summed E-state index contributed by atoms with van der Waals surface area (Å²) in [7, 11) is -3.59. The van der Waals surface area contributed by atoms with Crippen molar-refractivity contribution in [2.24, 2.45) is 0 Å². The van der Waals surface area contributed by atoms with Gasteiger partial charge in [0.25, 0.3) is 5.91 Å². The molecule has 0 saturated carbocycles. The highest BCUT2D eigenvalue weighted by Crippen LogP contribution is 2.34. The van der Waals surface area contributed by atoms with E-state index in [2.05, 4.69) is 0 Å². The molecule has 1 aliphatic heterocycles. The molecule has 0 spiro atoms. The maximum Gasteiger partial charge on any atom is 0.338 e. The van der Waals surface area contributed by atoms with Crippen LogP contribution in [0.3, 0.4) is 0 Å². The fourth-order valence-electron chi connectivity index (χ4n) is 3.19. The lowest BCUT2D eigenvalue weighted by Gasteiger charge is -2.28. The molecule has 3 rings (SSSR count). The van der Waals surface area contributed by atoms with Gasteiger partial charge in [0.2, 0.25) is 10.0 Å². The lowest BCUT2D eigenvalue weighted by atomic mass is 10.2. The van der Waals surface area contributed by atoms with E-state index in [1.54, 1.807) is 30.5 Å². The summed E-state index contributed by atoms with van der Waals surface area (Å²) < 4.78 is 31.6. The Morgan fingerprint density at radius 3 is 2.40 bits per heavy atom. The molecular formula is C21H24N2O5S2. The molecule has 0 saturated heterocycles. The van der Waals surface area contributed by atoms with Crippen LogP contribution in [0, 0.1) is 0 Å². The average molecular weight is 449 g/mol. The number of carbonyl (C=O) groups is 2. The zero-order valence-electron chi connectivity index (χ0n) is 16.9. The van der Waals surface area contributed by atoms with Gasteiger partial charge in [-0.2, -0.15) is 4.31 Å². The highest BCUT2D eigenvalue weighted by Gasteiger charge is 2.24. The number of carbonyl (C=O) groups excluding carboxylic acids is 2. The Balaban J connectivity index is 1.64. The first kappa shape index (κ1) is 22.3. The molecule has 0 fully saturated rings. The van der Waals surface area contributed by atoms with Crippen LogP contribution in [0.4, 0.5) is 5.69 Å². The standard InChI is InChI=1S/C21H24N2O5S2/c1-3-22(4-2)30(26,27)17-11-9-16(10-12-17)21(25)28-15-20(24)23-13-14-29-19-8-6-5-7-18(19)23/h5-12H,3-4,13-15H2,1-2H3. The highest BCUT2D eigenvalue weighted by atomic mass is 32.2. The molecule has 0 unspecified atom stereocenters. The minimum absolute atomic E-state index is 0.112. The summed E-state index contributed by atoms with van der Waals surface area (Å²) >= 11 is 1.69. The molecule has 30 heavy (non-hydrogen) atoms. The van der Waals surface area contributed by atoms with Crippen molar-refractivity contribution in [3.63, 3.8) is 0 Å². The van der Waals surface area contributed by atoms with Gasteiger partial charge in [-0.1, -0.05) is 26.0 Å². The molecule has 2 aromatic carbocycles. The number of amides is 1. The Bertz CT molecular complexity index is 1020. The van der Waals surface area contributed by atoms with Crippen LogP contribution < -0.4 is 4.90 Å². The summed E-state index contributed by atoms with van der Waals surface area (Å²) in [6.45, 7) is 4.44. The van der Waals surface area contributed by atoms with E-state index in [0.717, 1.165) is 16.3 Å². The van der Waals surface area contributed by atoms with E-state index in [9.17, 15) is 18.0 Å². The van der Waals surface area contributed by atoms with Crippen LogP contribution in [0.5, 0.6) is 0 Å². The molecule has 9 heteroatoms. The molecule has 0 aliphatic carbocycles. The smallest absolute Gasteiger partial charge is 0.338 e. The summed E-state index contributed by atoms with van der Waals surface area (Å²) in [5.41, 5.74) is 1.01. The number of sulfonamides is 1. The number of ether oxygens (including phenoxy) is 1. The molecule has 1 aliphatic rings. The third-order valence-corrected chi connectivity index (χ3v) is 7.90. The molecular weight excluding hydrogens is 424 g/mol. The van der Waals surface area contributed by atoms with E-state index in [-0.39, 0.29) is 23.0 Å². The number of esters is 1. The Morgan fingerprint density at radius 2 is 1.73 bits per heavy atom. The Morgan fingerprint density at radius 1 is 1.07 bits per heavy atom. The van der Waals surface area contributed by atoms with Crippen LogP contribution >= 0.6 is 11.8 Å². The topological polar surface area (TPSA) is 84.0 Å². The number of anilines is 1. The summed E-state index contributed by atoms with van der Waals surface area (Å²) in [4.78, 5) is 27.7. The van der Waals surface area contributed by atoms with Gasteiger partial charge in [-0.3, -0.25) is 4.79 Å². The molecule has 0 atom stereocenters. The number of para-hydroxylation sites is 1. The normalized spacial score (nSPS) is 13.8. The maximum absolute atomic E-state index is 12.6. The van der Waals surface area contributed by atoms with Gasteiger partial charge in [0.15, 0.2) is 6.61 Å². The van der Waals surface area contributed by atoms with Crippen molar-refractivity contribution in [3.05, 3.63) is 54.1 Å². The molecule has 0 bridgehead atoms. The molecule has 0 N–H and O–H groups in total. The van der Waals surface area contributed by atoms with Gasteiger partial charge in [0, 0.05) is 30.3 Å². The Labute approximate surface area is 181 Å². The van der Waals surface area contributed by atoms with Gasteiger partial charge in [-0.25, -0.2) is 13.2 Å².